The van der Waals surface area contributed by atoms with E-state index in [-0.39, 0.29) is 0 Å². The third-order valence-electron chi connectivity index (χ3n) is 3.94. The lowest BCUT2D eigenvalue weighted by molar-refractivity contribution is 0.311. The van der Waals surface area contributed by atoms with Gasteiger partial charge in [0.2, 0.25) is 0 Å². The molecule has 0 aromatic heterocycles. The van der Waals surface area contributed by atoms with Crippen LogP contribution in [0.5, 0.6) is 5.75 Å². The van der Waals surface area contributed by atoms with Crippen molar-refractivity contribution in [3.05, 3.63) is 47.5 Å². The maximum Gasteiger partial charge on any atom is 0.262 e. The van der Waals surface area contributed by atoms with Crippen molar-refractivity contribution in [3.63, 3.8) is 0 Å². The van der Waals surface area contributed by atoms with Gasteiger partial charge in [-0.15, -0.1) is 0 Å². The number of anilines is 2. The Balaban J connectivity index is 1.93. The minimum Gasteiger partial charge on any atom is -0.489 e. The Morgan fingerprint density at radius 2 is 1.91 bits per heavy atom. The predicted octanol–water partition coefficient (Wildman–Crippen LogP) is 2.93. The third kappa shape index (κ3) is 3.12. The van der Waals surface area contributed by atoms with Gasteiger partial charge in [-0.25, -0.2) is 8.42 Å². The second-order valence-corrected chi connectivity index (χ2v) is 7.48. The van der Waals surface area contributed by atoms with Gasteiger partial charge in [-0.3, -0.25) is 4.72 Å². The third-order valence-corrected chi connectivity index (χ3v) is 5.46. The summed E-state index contributed by atoms with van der Waals surface area (Å²) in [7, 11) is -1.64. The molecule has 122 valence electrons. The minimum absolute atomic E-state index is 0.299. The summed E-state index contributed by atoms with van der Waals surface area (Å²) in [6.45, 7) is 5.08. The summed E-state index contributed by atoms with van der Waals surface area (Å²) in [5, 5.41) is 0. The molecule has 23 heavy (non-hydrogen) atoms. The van der Waals surface area contributed by atoms with Crippen molar-refractivity contribution in [3.8, 4) is 5.75 Å². The minimum atomic E-state index is -3.63. The van der Waals surface area contributed by atoms with E-state index in [9.17, 15) is 8.42 Å². The first-order chi connectivity index (χ1) is 10.9. The van der Waals surface area contributed by atoms with Crippen LogP contribution in [0.2, 0.25) is 0 Å². The van der Waals surface area contributed by atoms with Gasteiger partial charge in [-0.1, -0.05) is 12.1 Å². The van der Waals surface area contributed by atoms with Crippen LogP contribution in [0.15, 0.2) is 41.3 Å². The van der Waals surface area contributed by atoms with Crippen LogP contribution in [-0.2, 0) is 10.0 Å². The number of rotatable bonds is 3. The predicted molar refractivity (Wildman–Crippen MR) is 91.9 cm³/mol. The summed E-state index contributed by atoms with van der Waals surface area (Å²) in [6, 6.07) is 10.8. The molecule has 0 spiro atoms. The maximum absolute atomic E-state index is 12.6. The van der Waals surface area contributed by atoms with Crippen LogP contribution in [0.4, 0.5) is 11.4 Å². The average Bonchev–Trinajstić information content (AvgIpc) is 2.49. The second-order valence-electron chi connectivity index (χ2n) is 5.83. The van der Waals surface area contributed by atoms with Crippen LogP contribution in [-0.4, -0.2) is 28.6 Å². The molecular weight excluding hydrogens is 312 g/mol. The van der Waals surface area contributed by atoms with Gasteiger partial charge in [0, 0.05) is 13.1 Å². The molecule has 0 fully saturated rings. The average molecular weight is 332 g/mol. The van der Waals surface area contributed by atoms with Crippen LogP contribution in [0.3, 0.4) is 0 Å². The molecular formula is C17H20N2O3S. The Labute approximate surface area is 136 Å². The van der Waals surface area contributed by atoms with Crippen LogP contribution < -0.4 is 14.4 Å². The number of likely N-dealkylation sites (N-methyl/N-ethyl adjacent to an activating group) is 1. The van der Waals surface area contributed by atoms with Gasteiger partial charge in [-0.2, -0.15) is 0 Å². The first-order valence-corrected chi connectivity index (χ1v) is 8.93. The van der Waals surface area contributed by atoms with Crippen molar-refractivity contribution in [1.29, 1.82) is 0 Å². The molecule has 2 aromatic rings. The smallest absolute Gasteiger partial charge is 0.262 e. The van der Waals surface area contributed by atoms with Crippen molar-refractivity contribution in [2.75, 3.05) is 29.8 Å². The first-order valence-electron chi connectivity index (χ1n) is 7.45. The van der Waals surface area contributed by atoms with E-state index >= 15 is 0 Å². The molecule has 0 bridgehead atoms. The van der Waals surface area contributed by atoms with E-state index in [4.69, 9.17) is 4.74 Å². The molecule has 1 aliphatic heterocycles. The van der Waals surface area contributed by atoms with E-state index in [0.717, 1.165) is 23.4 Å². The number of ether oxygens (including phenoxy) is 1. The van der Waals surface area contributed by atoms with Crippen molar-refractivity contribution >= 4 is 21.4 Å². The van der Waals surface area contributed by atoms with Gasteiger partial charge in [0.05, 0.1) is 22.8 Å². The summed E-state index contributed by atoms with van der Waals surface area (Å²) in [5.74, 6) is 0.694. The Kier molecular flexibility index (Phi) is 3.93. The zero-order valence-electron chi connectivity index (χ0n) is 13.5. The summed E-state index contributed by atoms with van der Waals surface area (Å²) < 4.78 is 33.6. The summed E-state index contributed by atoms with van der Waals surface area (Å²) in [4.78, 5) is 2.38. The van der Waals surface area contributed by atoms with E-state index < -0.39 is 10.0 Å². The quantitative estimate of drug-likeness (QED) is 0.939. The summed E-state index contributed by atoms with van der Waals surface area (Å²) >= 11 is 0. The highest BCUT2D eigenvalue weighted by Gasteiger charge is 2.20. The standard InChI is InChI=1S/C17H20N2O3S/c1-12-4-5-13(2)17(10-12)23(20,21)18-14-6-7-15-16(11-14)22-9-8-19(15)3/h4-7,10-11,18H,8-9H2,1-3H3. The van der Waals surface area contributed by atoms with Crippen molar-refractivity contribution in [2.45, 2.75) is 18.7 Å². The molecule has 0 unspecified atom stereocenters. The highest BCUT2D eigenvalue weighted by atomic mass is 32.2. The maximum atomic E-state index is 12.6. The van der Waals surface area contributed by atoms with Crippen LogP contribution in [0.25, 0.3) is 0 Å². The fourth-order valence-corrected chi connectivity index (χ4v) is 4.01. The van der Waals surface area contributed by atoms with Gasteiger partial charge in [-0.05, 0) is 43.2 Å². The number of benzene rings is 2. The Bertz CT molecular complexity index is 847. The van der Waals surface area contributed by atoms with E-state index in [0.29, 0.717) is 22.9 Å². The molecule has 5 nitrogen and oxygen atoms in total. The topological polar surface area (TPSA) is 58.6 Å². The molecule has 0 saturated heterocycles. The Morgan fingerprint density at radius 1 is 1.13 bits per heavy atom. The van der Waals surface area contributed by atoms with Crippen molar-refractivity contribution in [2.24, 2.45) is 0 Å². The molecule has 0 amide bonds. The van der Waals surface area contributed by atoms with Gasteiger partial charge >= 0.3 is 0 Å². The zero-order valence-corrected chi connectivity index (χ0v) is 14.3. The number of hydrogen-bond acceptors (Lipinski definition) is 4. The van der Waals surface area contributed by atoms with Gasteiger partial charge in [0.15, 0.2) is 0 Å². The van der Waals surface area contributed by atoms with E-state index in [1.54, 1.807) is 25.1 Å². The number of sulfonamides is 1. The molecule has 0 atom stereocenters. The number of nitrogens with one attached hydrogen (secondary N) is 1. The summed E-state index contributed by atoms with van der Waals surface area (Å²) in [5.41, 5.74) is 3.09. The van der Waals surface area contributed by atoms with Crippen LogP contribution in [0.1, 0.15) is 11.1 Å². The molecule has 1 aliphatic rings. The van der Waals surface area contributed by atoms with Crippen molar-refractivity contribution in [1.82, 2.24) is 0 Å². The fourth-order valence-electron chi connectivity index (χ4n) is 2.63. The molecule has 0 aliphatic carbocycles. The van der Waals surface area contributed by atoms with Crippen LogP contribution in [0, 0.1) is 13.8 Å². The van der Waals surface area contributed by atoms with Gasteiger partial charge < -0.3 is 9.64 Å². The largest absolute Gasteiger partial charge is 0.489 e. The van der Waals surface area contributed by atoms with E-state index in [2.05, 4.69) is 9.62 Å². The van der Waals surface area contributed by atoms with Crippen LogP contribution >= 0.6 is 0 Å². The highest BCUT2D eigenvalue weighted by molar-refractivity contribution is 7.92. The highest BCUT2D eigenvalue weighted by Crippen LogP contribution is 2.34. The molecule has 1 N–H and O–H groups in total. The Hall–Kier alpha value is -2.21. The summed E-state index contributed by atoms with van der Waals surface area (Å²) in [6.07, 6.45) is 0. The SMILES string of the molecule is Cc1ccc(C)c(S(=O)(=O)Nc2ccc3c(c2)OCCN3C)c1. The molecule has 6 heteroatoms. The lowest BCUT2D eigenvalue weighted by Crippen LogP contribution is -2.28. The lowest BCUT2D eigenvalue weighted by Gasteiger charge is -2.28. The molecule has 2 aromatic carbocycles. The van der Waals surface area contributed by atoms with E-state index in [1.165, 1.54) is 0 Å². The Morgan fingerprint density at radius 3 is 2.70 bits per heavy atom. The van der Waals surface area contributed by atoms with Gasteiger partial charge in [0.1, 0.15) is 12.4 Å². The number of nitrogens with zero attached hydrogens (tertiary/aromatic N) is 1. The molecule has 1 heterocycles. The second kappa shape index (κ2) is 5.77. The number of hydrogen-bond donors (Lipinski definition) is 1. The van der Waals surface area contributed by atoms with E-state index in [1.807, 2.05) is 32.2 Å². The van der Waals surface area contributed by atoms with Crippen molar-refractivity contribution < 1.29 is 13.2 Å². The molecule has 0 saturated carbocycles. The number of aryl methyl sites for hydroxylation is 2. The first kappa shape index (κ1) is 15.7. The monoisotopic (exact) mass is 332 g/mol. The fraction of sp³-hybridized carbons (Fsp3) is 0.294. The number of fused-ring (bicyclic) bond motifs is 1. The molecule has 3 rings (SSSR count). The van der Waals surface area contributed by atoms with Gasteiger partial charge in [0.25, 0.3) is 10.0 Å². The zero-order chi connectivity index (χ0) is 16.6. The molecule has 0 radical (unpaired) electrons. The normalized spacial score (nSPS) is 14.1. The lowest BCUT2D eigenvalue weighted by atomic mass is 10.2.